The minimum Gasteiger partial charge on any atom is -0.381 e. The summed E-state index contributed by atoms with van der Waals surface area (Å²) in [5.41, 5.74) is 0. The molecule has 1 rings (SSSR count). The summed E-state index contributed by atoms with van der Waals surface area (Å²) >= 11 is 3.25. The zero-order chi connectivity index (χ0) is 12.6. The van der Waals surface area contributed by atoms with Gasteiger partial charge < -0.3 is 9.47 Å². The molecule has 1 aliphatic heterocycles. The van der Waals surface area contributed by atoms with Crippen molar-refractivity contribution in [1.82, 2.24) is 4.72 Å². The highest BCUT2D eigenvalue weighted by molar-refractivity contribution is 9.09. The Kier molecular flexibility index (Phi) is 7.61. The first-order valence-corrected chi connectivity index (χ1v) is 8.53. The Bertz CT molecular complexity index is 291. The first-order valence-electron chi connectivity index (χ1n) is 5.87. The van der Waals surface area contributed by atoms with Crippen molar-refractivity contribution in [3.63, 3.8) is 0 Å². The van der Waals surface area contributed by atoms with Crippen molar-refractivity contribution in [2.75, 3.05) is 38.3 Å². The molecule has 1 fully saturated rings. The van der Waals surface area contributed by atoms with Gasteiger partial charge in [0.1, 0.15) is 0 Å². The number of rotatable bonds is 8. The van der Waals surface area contributed by atoms with Crippen molar-refractivity contribution in [3.05, 3.63) is 0 Å². The highest BCUT2D eigenvalue weighted by Crippen LogP contribution is 2.14. The number of nitrogens with one attached hydrogen (secondary N) is 1. The second-order valence-corrected chi connectivity index (χ2v) is 6.74. The molecule has 0 amide bonds. The molecule has 1 aliphatic rings. The fraction of sp³-hybridized carbons (Fsp3) is 1.00. The van der Waals surface area contributed by atoms with Gasteiger partial charge in [0.25, 0.3) is 0 Å². The summed E-state index contributed by atoms with van der Waals surface area (Å²) < 4.78 is 36.7. The van der Waals surface area contributed by atoms with Crippen LogP contribution in [0.5, 0.6) is 0 Å². The monoisotopic (exact) mass is 329 g/mol. The van der Waals surface area contributed by atoms with Crippen LogP contribution in [0.1, 0.15) is 19.3 Å². The van der Waals surface area contributed by atoms with Gasteiger partial charge in [-0.05, 0) is 19.3 Å². The summed E-state index contributed by atoms with van der Waals surface area (Å²) in [4.78, 5) is 0. The number of ether oxygens (including phenoxy) is 2. The van der Waals surface area contributed by atoms with Crippen LogP contribution in [0.25, 0.3) is 0 Å². The molecule has 0 bridgehead atoms. The Hall–Kier alpha value is 0.310. The summed E-state index contributed by atoms with van der Waals surface area (Å²) in [6, 6.07) is 0. The first-order chi connectivity index (χ1) is 8.17. The highest BCUT2D eigenvalue weighted by atomic mass is 79.9. The molecule has 0 radical (unpaired) electrons. The molecule has 0 unspecified atom stereocenters. The van der Waals surface area contributed by atoms with Crippen molar-refractivity contribution >= 4 is 26.0 Å². The van der Waals surface area contributed by atoms with Crippen LogP contribution in [0.4, 0.5) is 0 Å². The molecule has 1 N–H and O–H groups in total. The van der Waals surface area contributed by atoms with E-state index in [0.29, 0.717) is 52.2 Å². The molecule has 0 atom stereocenters. The van der Waals surface area contributed by atoms with Crippen molar-refractivity contribution in [2.24, 2.45) is 0 Å². The summed E-state index contributed by atoms with van der Waals surface area (Å²) in [6.45, 7) is 2.77. The number of halogens is 1. The topological polar surface area (TPSA) is 64.6 Å². The molecule has 0 saturated carbocycles. The third-order valence-electron chi connectivity index (χ3n) is 2.60. The summed E-state index contributed by atoms with van der Waals surface area (Å²) in [7, 11) is -3.17. The molecule has 1 heterocycles. The van der Waals surface area contributed by atoms with Crippen molar-refractivity contribution in [3.8, 4) is 0 Å². The molecule has 0 aromatic heterocycles. The normalized spacial score (nSPS) is 18.4. The van der Waals surface area contributed by atoms with Crippen LogP contribution in [-0.4, -0.2) is 52.0 Å². The van der Waals surface area contributed by atoms with E-state index in [9.17, 15) is 8.42 Å². The molecule has 1 saturated heterocycles. The maximum absolute atomic E-state index is 11.9. The Morgan fingerprint density at radius 2 is 2.00 bits per heavy atom. The van der Waals surface area contributed by atoms with Gasteiger partial charge in [0.05, 0.1) is 11.9 Å². The number of hydrogen-bond acceptors (Lipinski definition) is 4. The van der Waals surface area contributed by atoms with Crippen LogP contribution in [0.3, 0.4) is 0 Å². The van der Waals surface area contributed by atoms with E-state index >= 15 is 0 Å². The maximum Gasteiger partial charge on any atom is 0.214 e. The quantitative estimate of drug-likeness (QED) is 0.530. The number of sulfonamides is 1. The van der Waals surface area contributed by atoms with E-state index in [0.717, 1.165) is 5.33 Å². The molecular weight excluding hydrogens is 310 g/mol. The zero-order valence-corrected chi connectivity index (χ0v) is 12.3. The average Bonchev–Trinajstić information content (AvgIpc) is 2.35. The number of hydrogen-bond donors (Lipinski definition) is 1. The molecule has 0 spiro atoms. The zero-order valence-electron chi connectivity index (χ0n) is 9.86. The SMILES string of the molecule is O=S(=O)(NCCCOCCBr)C1CCOCC1. The van der Waals surface area contributed by atoms with Gasteiger partial charge in [-0.25, -0.2) is 13.1 Å². The highest BCUT2D eigenvalue weighted by Gasteiger charge is 2.26. The van der Waals surface area contributed by atoms with Crippen LogP contribution in [0.2, 0.25) is 0 Å². The van der Waals surface area contributed by atoms with E-state index in [4.69, 9.17) is 9.47 Å². The van der Waals surface area contributed by atoms with Crippen LogP contribution in [0, 0.1) is 0 Å². The van der Waals surface area contributed by atoms with Gasteiger partial charge in [-0.15, -0.1) is 0 Å². The molecule has 102 valence electrons. The van der Waals surface area contributed by atoms with E-state index in [1.165, 1.54) is 0 Å². The lowest BCUT2D eigenvalue weighted by molar-refractivity contribution is 0.0981. The van der Waals surface area contributed by atoms with E-state index < -0.39 is 10.0 Å². The Morgan fingerprint density at radius 3 is 2.65 bits per heavy atom. The Balaban J connectivity index is 2.15. The summed E-state index contributed by atoms with van der Waals surface area (Å²) in [6.07, 6.45) is 1.89. The van der Waals surface area contributed by atoms with Crippen LogP contribution in [0.15, 0.2) is 0 Å². The first kappa shape index (κ1) is 15.4. The Morgan fingerprint density at radius 1 is 1.29 bits per heavy atom. The molecule has 7 heteroatoms. The van der Waals surface area contributed by atoms with Crippen LogP contribution >= 0.6 is 15.9 Å². The summed E-state index contributed by atoms with van der Waals surface area (Å²) in [5, 5.41) is 0.514. The minimum absolute atomic E-state index is 0.292. The van der Waals surface area contributed by atoms with Gasteiger partial charge in [-0.3, -0.25) is 0 Å². The number of alkyl halides is 1. The van der Waals surface area contributed by atoms with Crippen LogP contribution in [-0.2, 0) is 19.5 Å². The van der Waals surface area contributed by atoms with E-state index in [2.05, 4.69) is 20.7 Å². The molecule has 0 aromatic rings. The van der Waals surface area contributed by atoms with Gasteiger partial charge >= 0.3 is 0 Å². The maximum atomic E-state index is 11.9. The van der Waals surface area contributed by atoms with Crippen LogP contribution < -0.4 is 4.72 Å². The largest absolute Gasteiger partial charge is 0.381 e. The average molecular weight is 330 g/mol. The predicted molar refractivity (Wildman–Crippen MR) is 70.0 cm³/mol. The molecule has 0 aromatic carbocycles. The van der Waals surface area contributed by atoms with Gasteiger partial charge in [0, 0.05) is 31.7 Å². The fourth-order valence-electron chi connectivity index (χ4n) is 1.65. The van der Waals surface area contributed by atoms with Gasteiger partial charge in [-0.1, -0.05) is 15.9 Å². The molecule has 0 aliphatic carbocycles. The van der Waals surface area contributed by atoms with Gasteiger partial charge in [0.15, 0.2) is 0 Å². The molecule has 5 nitrogen and oxygen atoms in total. The second-order valence-electron chi connectivity index (χ2n) is 3.91. The smallest absolute Gasteiger partial charge is 0.214 e. The predicted octanol–water partition coefficient (Wildman–Crippen LogP) is 0.886. The van der Waals surface area contributed by atoms with E-state index in [1.54, 1.807) is 0 Å². The lowest BCUT2D eigenvalue weighted by Crippen LogP contribution is -2.38. The second kappa shape index (κ2) is 8.42. The Labute approximate surface area is 111 Å². The standard InChI is InChI=1S/C10H20BrNO4S/c11-4-9-15-6-1-5-12-17(13,14)10-2-7-16-8-3-10/h10,12H,1-9H2. The summed E-state index contributed by atoms with van der Waals surface area (Å²) in [5.74, 6) is 0. The van der Waals surface area contributed by atoms with Crippen molar-refractivity contribution < 1.29 is 17.9 Å². The van der Waals surface area contributed by atoms with E-state index in [1.807, 2.05) is 0 Å². The van der Waals surface area contributed by atoms with Gasteiger partial charge in [-0.2, -0.15) is 0 Å². The lowest BCUT2D eigenvalue weighted by Gasteiger charge is -2.22. The third kappa shape index (κ3) is 6.15. The van der Waals surface area contributed by atoms with Crippen molar-refractivity contribution in [2.45, 2.75) is 24.5 Å². The molecule has 17 heavy (non-hydrogen) atoms. The fourth-order valence-corrected chi connectivity index (χ4v) is 3.36. The molecular formula is C10H20BrNO4S. The lowest BCUT2D eigenvalue weighted by atomic mass is 10.2. The van der Waals surface area contributed by atoms with Gasteiger partial charge in [0.2, 0.25) is 10.0 Å². The van der Waals surface area contributed by atoms with Crippen molar-refractivity contribution in [1.29, 1.82) is 0 Å². The minimum atomic E-state index is -3.17. The van der Waals surface area contributed by atoms with E-state index in [-0.39, 0.29) is 5.25 Å². The third-order valence-corrected chi connectivity index (χ3v) is 4.88.